The van der Waals surface area contributed by atoms with Crippen molar-refractivity contribution in [3.05, 3.63) is 28.2 Å². The maximum absolute atomic E-state index is 11.9. The van der Waals surface area contributed by atoms with Crippen molar-refractivity contribution in [1.82, 2.24) is 15.1 Å². The molecule has 0 bridgehead atoms. The molecular formula is C15H23N3OS. The van der Waals surface area contributed by atoms with Crippen LogP contribution in [0.4, 0.5) is 0 Å². The molecule has 1 atom stereocenters. The van der Waals surface area contributed by atoms with E-state index in [0.29, 0.717) is 18.1 Å². The van der Waals surface area contributed by atoms with Gasteiger partial charge in [-0.05, 0) is 50.8 Å². The number of nitrogens with zero attached hydrogens (tertiary/aromatic N) is 2. The van der Waals surface area contributed by atoms with Crippen molar-refractivity contribution < 1.29 is 0 Å². The minimum absolute atomic E-state index is 0.0409. The summed E-state index contributed by atoms with van der Waals surface area (Å²) < 4.78 is 1.71. The van der Waals surface area contributed by atoms with Gasteiger partial charge in [-0.25, -0.2) is 4.68 Å². The highest BCUT2D eigenvalue weighted by Crippen LogP contribution is 2.28. The highest BCUT2D eigenvalue weighted by molar-refractivity contribution is 7.99. The lowest BCUT2D eigenvalue weighted by Gasteiger charge is -2.31. The number of aromatic nitrogens is 2. The van der Waals surface area contributed by atoms with E-state index in [-0.39, 0.29) is 5.56 Å². The predicted molar refractivity (Wildman–Crippen MR) is 83.4 cm³/mol. The van der Waals surface area contributed by atoms with Gasteiger partial charge in [0.25, 0.3) is 5.56 Å². The molecule has 1 N–H and O–H groups in total. The number of aryl methyl sites for hydroxylation is 1. The summed E-state index contributed by atoms with van der Waals surface area (Å²) in [6.45, 7) is 1.95. The predicted octanol–water partition coefficient (Wildman–Crippen LogP) is 2.13. The summed E-state index contributed by atoms with van der Waals surface area (Å²) >= 11 is 2.05. The second-order valence-electron chi connectivity index (χ2n) is 5.99. The summed E-state index contributed by atoms with van der Waals surface area (Å²) in [5, 5.41) is 8.19. The molecule has 0 amide bonds. The lowest BCUT2D eigenvalue weighted by Crippen LogP contribution is -2.41. The van der Waals surface area contributed by atoms with E-state index in [1.807, 2.05) is 6.92 Å². The second kappa shape index (κ2) is 6.31. The minimum Gasteiger partial charge on any atom is -0.310 e. The summed E-state index contributed by atoms with van der Waals surface area (Å²) in [6.07, 6.45) is 5.76. The lowest BCUT2D eigenvalue weighted by atomic mass is 9.90. The van der Waals surface area contributed by atoms with E-state index in [0.717, 1.165) is 31.4 Å². The molecule has 0 spiro atoms. The minimum atomic E-state index is 0.0409. The first-order valence-electron chi connectivity index (χ1n) is 7.62. The van der Waals surface area contributed by atoms with E-state index < -0.39 is 0 Å². The van der Waals surface area contributed by atoms with Crippen molar-refractivity contribution >= 4 is 11.8 Å². The fraction of sp³-hybridized carbons (Fsp3) is 0.733. The number of thioether (sulfide) groups is 1. The van der Waals surface area contributed by atoms with Crippen molar-refractivity contribution in [1.29, 1.82) is 0 Å². The van der Waals surface area contributed by atoms with Crippen LogP contribution in [0.2, 0.25) is 0 Å². The molecule has 1 aromatic heterocycles. The van der Waals surface area contributed by atoms with E-state index in [9.17, 15) is 4.79 Å². The Kier molecular flexibility index (Phi) is 4.46. The SMILES string of the molecule is Cc1ccc(=O)n(C2CCC(NC3CCSC3)CC2)n1. The normalized spacial score (nSPS) is 30.6. The molecular weight excluding hydrogens is 270 g/mol. The van der Waals surface area contributed by atoms with Gasteiger partial charge in [0.2, 0.25) is 0 Å². The third-order valence-electron chi connectivity index (χ3n) is 4.40. The van der Waals surface area contributed by atoms with Gasteiger partial charge in [-0.2, -0.15) is 16.9 Å². The van der Waals surface area contributed by atoms with Gasteiger partial charge in [0, 0.05) is 23.9 Å². The van der Waals surface area contributed by atoms with Crippen molar-refractivity contribution in [2.75, 3.05) is 11.5 Å². The van der Waals surface area contributed by atoms with E-state index in [4.69, 9.17) is 0 Å². The molecule has 2 aliphatic rings. The zero-order chi connectivity index (χ0) is 13.9. The van der Waals surface area contributed by atoms with E-state index in [1.54, 1.807) is 16.8 Å². The quantitative estimate of drug-likeness (QED) is 0.927. The highest BCUT2D eigenvalue weighted by Gasteiger charge is 2.26. The van der Waals surface area contributed by atoms with E-state index in [2.05, 4.69) is 22.2 Å². The maximum atomic E-state index is 11.9. The zero-order valence-electron chi connectivity index (χ0n) is 12.0. The number of hydrogen-bond acceptors (Lipinski definition) is 4. The lowest BCUT2D eigenvalue weighted by molar-refractivity contribution is 0.258. The van der Waals surface area contributed by atoms with Gasteiger partial charge in [-0.1, -0.05) is 0 Å². The molecule has 20 heavy (non-hydrogen) atoms. The number of hydrogen-bond donors (Lipinski definition) is 1. The topological polar surface area (TPSA) is 46.9 Å². The van der Waals surface area contributed by atoms with E-state index in [1.165, 1.54) is 17.9 Å². The Morgan fingerprint density at radius 1 is 1.20 bits per heavy atom. The molecule has 110 valence electrons. The molecule has 5 heteroatoms. The standard InChI is InChI=1S/C15H23N3OS/c1-11-2-7-15(19)18(17-11)14-5-3-12(4-6-14)16-13-8-9-20-10-13/h2,7,12-14,16H,3-6,8-10H2,1H3. The van der Waals surface area contributed by atoms with Gasteiger partial charge in [-0.15, -0.1) is 0 Å². The number of rotatable bonds is 3. The molecule has 2 heterocycles. The van der Waals surface area contributed by atoms with Gasteiger partial charge >= 0.3 is 0 Å². The summed E-state index contributed by atoms with van der Waals surface area (Å²) in [6, 6.07) is 5.07. The van der Waals surface area contributed by atoms with E-state index >= 15 is 0 Å². The summed E-state index contributed by atoms with van der Waals surface area (Å²) in [7, 11) is 0. The molecule has 0 aromatic carbocycles. The van der Waals surface area contributed by atoms with Gasteiger partial charge in [0.1, 0.15) is 0 Å². The smallest absolute Gasteiger partial charge is 0.267 e. The van der Waals surface area contributed by atoms with Crippen molar-refractivity contribution in [2.45, 2.75) is 57.2 Å². The third kappa shape index (κ3) is 3.26. The molecule has 0 radical (unpaired) electrons. The van der Waals surface area contributed by atoms with Crippen LogP contribution in [-0.4, -0.2) is 33.4 Å². The van der Waals surface area contributed by atoms with Gasteiger partial charge < -0.3 is 5.32 Å². The second-order valence-corrected chi connectivity index (χ2v) is 7.14. The Morgan fingerprint density at radius 2 is 2.00 bits per heavy atom. The maximum Gasteiger partial charge on any atom is 0.267 e. The van der Waals surface area contributed by atoms with Crippen LogP contribution in [0.15, 0.2) is 16.9 Å². The molecule has 2 fully saturated rings. The Labute approximate surface area is 124 Å². The van der Waals surface area contributed by atoms with Gasteiger partial charge in [-0.3, -0.25) is 4.79 Å². The Balaban J connectivity index is 1.57. The average Bonchev–Trinajstić information content (AvgIpc) is 2.95. The first kappa shape index (κ1) is 14.1. The molecule has 3 rings (SSSR count). The van der Waals surface area contributed by atoms with Gasteiger partial charge in [0.05, 0.1) is 11.7 Å². The summed E-state index contributed by atoms with van der Waals surface area (Å²) in [5.74, 6) is 2.56. The van der Waals surface area contributed by atoms with Crippen LogP contribution in [0, 0.1) is 6.92 Å². The Hall–Kier alpha value is -0.810. The van der Waals surface area contributed by atoms with Crippen molar-refractivity contribution in [3.63, 3.8) is 0 Å². The fourth-order valence-corrected chi connectivity index (χ4v) is 4.43. The fourth-order valence-electron chi connectivity index (χ4n) is 3.27. The largest absolute Gasteiger partial charge is 0.310 e. The molecule has 1 unspecified atom stereocenters. The van der Waals surface area contributed by atoms with Crippen molar-refractivity contribution in [3.8, 4) is 0 Å². The first-order chi connectivity index (χ1) is 9.72. The van der Waals surface area contributed by atoms with Gasteiger partial charge in [0.15, 0.2) is 0 Å². The Morgan fingerprint density at radius 3 is 2.70 bits per heavy atom. The zero-order valence-corrected chi connectivity index (χ0v) is 12.9. The van der Waals surface area contributed by atoms with Crippen LogP contribution in [0.25, 0.3) is 0 Å². The molecule has 1 aliphatic heterocycles. The van der Waals surface area contributed by atoms with Crippen LogP contribution < -0.4 is 10.9 Å². The van der Waals surface area contributed by atoms with Crippen LogP contribution >= 0.6 is 11.8 Å². The summed E-state index contributed by atoms with van der Waals surface area (Å²) in [4.78, 5) is 11.9. The molecule has 1 saturated carbocycles. The van der Waals surface area contributed by atoms with Crippen molar-refractivity contribution in [2.24, 2.45) is 0 Å². The first-order valence-corrected chi connectivity index (χ1v) is 8.78. The molecule has 1 saturated heterocycles. The molecule has 4 nitrogen and oxygen atoms in total. The molecule has 1 aromatic rings. The molecule has 1 aliphatic carbocycles. The van der Waals surface area contributed by atoms with Crippen LogP contribution in [0.1, 0.15) is 43.8 Å². The van der Waals surface area contributed by atoms with Crippen LogP contribution in [0.5, 0.6) is 0 Å². The number of nitrogens with one attached hydrogen (secondary N) is 1. The van der Waals surface area contributed by atoms with Crippen LogP contribution in [-0.2, 0) is 0 Å². The van der Waals surface area contributed by atoms with Crippen LogP contribution in [0.3, 0.4) is 0 Å². The average molecular weight is 293 g/mol. The highest BCUT2D eigenvalue weighted by atomic mass is 32.2. The third-order valence-corrected chi connectivity index (χ3v) is 5.56. The Bertz CT molecular complexity index is 502. The summed E-state index contributed by atoms with van der Waals surface area (Å²) in [5.41, 5.74) is 0.965. The monoisotopic (exact) mass is 293 g/mol.